The van der Waals surface area contributed by atoms with E-state index in [1.807, 2.05) is 30.8 Å². The fourth-order valence-corrected chi connectivity index (χ4v) is 3.48. The molecule has 0 aromatic carbocycles. The van der Waals surface area contributed by atoms with E-state index in [9.17, 15) is 0 Å². The summed E-state index contributed by atoms with van der Waals surface area (Å²) in [7, 11) is 0. The number of amidine groups is 1. The summed E-state index contributed by atoms with van der Waals surface area (Å²) in [5.74, 6) is 1.11. The van der Waals surface area contributed by atoms with E-state index >= 15 is 0 Å². The molecule has 2 N–H and O–H groups in total. The molecule has 0 amide bonds. The average Bonchev–Trinajstić information content (AvgIpc) is 2.92. The van der Waals surface area contributed by atoms with Crippen LogP contribution in [0.2, 0.25) is 0 Å². The highest BCUT2D eigenvalue weighted by molar-refractivity contribution is 6.43. The second kappa shape index (κ2) is 12.5. The van der Waals surface area contributed by atoms with E-state index in [1.165, 1.54) is 18.5 Å². The molecule has 0 saturated carbocycles. The largest absolute Gasteiger partial charge is 0.338 e. The van der Waals surface area contributed by atoms with Gasteiger partial charge in [0, 0.05) is 25.0 Å². The van der Waals surface area contributed by atoms with Crippen molar-refractivity contribution in [2.24, 2.45) is 4.99 Å². The number of unbranched alkanes of at least 4 members (excludes halogenated alkanes) is 1. The number of aromatic nitrogens is 2. The molecule has 2 rings (SSSR count). The minimum absolute atomic E-state index is 0.520. The second-order valence-corrected chi connectivity index (χ2v) is 8.00. The fourth-order valence-electron chi connectivity index (χ4n) is 3.40. The van der Waals surface area contributed by atoms with Crippen molar-refractivity contribution in [2.75, 3.05) is 11.9 Å². The first-order valence-electron chi connectivity index (χ1n) is 11.1. The van der Waals surface area contributed by atoms with Gasteiger partial charge >= 0.3 is 0 Å². The summed E-state index contributed by atoms with van der Waals surface area (Å²) in [6.45, 7) is 14.2. The van der Waals surface area contributed by atoms with Crippen LogP contribution in [0.1, 0.15) is 71.4 Å². The first-order valence-corrected chi connectivity index (χ1v) is 11.5. The van der Waals surface area contributed by atoms with Crippen molar-refractivity contribution in [3.8, 4) is 0 Å². The molecular formula is C23H37ClN6. The molecule has 1 saturated heterocycles. The highest BCUT2D eigenvalue weighted by atomic mass is 35.5. The van der Waals surface area contributed by atoms with Gasteiger partial charge in [-0.15, -0.1) is 0 Å². The van der Waals surface area contributed by atoms with Gasteiger partial charge in [-0.3, -0.25) is 15.1 Å². The van der Waals surface area contributed by atoms with E-state index in [-0.39, 0.29) is 0 Å². The minimum Gasteiger partial charge on any atom is -0.338 e. The highest BCUT2D eigenvalue weighted by Crippen LogP contribution is 2.20. The number of aliphatic imine (C=N–C) groups is 1. The van der Waals surface area contributed by atoms with Gasteiger partial charge in [0.2, 0.25) is 0 Å². The van der Waals surface area contributed by atoms with E-state index in [1.54, 1.807) is 0 Å². The van der Waals surface area contributed by atoms with Crippen molar-refractivity contribution in [3.05, 3.63) is 47.2 Å². The van der Waals surface area contributed by atoms with Crippen molar-refractivity contribution in [3.63, 3.8) is 0 Å². The topological polar surface area (TPSA) is 57.5 Å². The number of hydrogen-bond donors (Lipinski definition) is 2. The third kappa shape index (κ3) is 7.24. The van der Waals surface area contributed by atoms with Crippen LogP contribution in [-0.4, -0.2) is 27.2 Å². The summed E-state index contributed by atoms with van der Waals surface area (Å²) in [5.41, 5.74) is 6.58. The third-order valence-corrected chi connectivity index (χ3v) is 5.43. The highest BCUT2D eigenvalue weighted by Gasteiger charge is 2.16. The van der Waals surface area contributed by atoms with Gasteiger partial charge in [-0.2, -0.15) is 5.10 Å². The van der Waals surface area contributed by atoms with E-state index in [4.69, 9.17) is 11.6 Å². The van der Waals surface area contributed by atoms with E-state index in [0.29, 0.717) is 16.7 Å². The van der Waals surface area contributed by atoms with Crippen LogP contribution in [0.5, 0.6) is 0 Å². The third-order valence-electron chi connectivity index (χ3n) is 5.03. The lowest BCUT2D eigenvalue weighted by Gasteiger charge is -2.28. The van der Waals surface area contributed by atoms with Crippen molar-refractivity contribution in [2.45, 2.75) is 79.2 Å². The number of nitrogens with one attached hydrogen (secondary N) is 2. The SMILES string of the molecule is C=C(/N=C(NN1CCCCC/C1=C\CC)\C(Cl)=C/C)Nc1cn(CCCC)nc1C. The van der Waals surface area contributed by atoms with Crippen LogP contribution >= 0.6 is 11.6 Å². The van der Waals surface area contributed by atoms with Crippen molar-refractivity contribution in [1.29, 1.82) is 0 Å². The van der Waals surface area contributed by atoms with Gasteiger partial charge in [0.25, 0.3) is 0 Å². The number of anilines is 1. The van der Waals surface area contributed by atoms with Crippen LogP contribution in [-0.2, 0) is 6.54 Å². The number of allylic oxidation sites excluding steroid dienone is 3. The van der Waals surface area contributed by atoms with Crippen molar-refractivity contribution < 1.29 is 0 Å². The Kier molecular flexibility index (Phi) is 10.0. The number of hydrogen-bond acceptors (Lipinski definition) is 4. The Balaban J connectivity index is 2.16. The van der Waals surface area contributed by atoms with E-state index in [0.717, 1.165) is 56.6 Å². The van der Waals surface area contributed by atoms with E-state index in [2.05, 4.69) is 52.3 Å². The first-order chi connectivity index (χ1) is 14.5. The lowest BCUT2D eigenvalue weighted by atomic mass is 10.2. The Morgan fingerprint density at radius 1 is 1.33 bits per heavy atom. The number of hydrazine groups is 1. The lowest BCUT2D eigenvalue weighted by Crippen LogP contribution is -2.42. The smallest absolute Gasteiger partial charge is 0.165 e. The lowest BCUT2D eigenvalue weighted by molar-refractivity contribution is 0.302. The van der Waals surface area contributed by atoms with Crippen molar-refractivity contribution >= 4 is 23.1 Å². The monoisotopic (exact) mass is 432 g/mol. The summed E-state index contributed by atoms with van der Waals surface area (Å²) in [6, 6.07) is 0. The van der Waals surface area contributed by atoms with E-state index < -0.39 is 0 Å². The summed E-state index contributed by atoms with van der Waals surface area (Å²) in [5, 5.41) is 10.6. The summed E-state index contributed by atoms with van der Waals surface area (Å²) >= 11 is 6.49. The zero-order valence-corrected chi connectivity index (χ0v) is 19.7. The molecule has 1 aliphatic rings. The number of nitrogens with zero attached hydrogens (tertiary/aromatic N) is 4. The molecule has 0 spiro atoms. The molecule has 1 aromatic heterocycles. The normalized spacial score (nSPS) is 17.2. The molecule has 1 fully saturated rings. The molecular weight excluding hydrogens is 396 g/mol. The predicted molar refractivity (Wildman–Crippen MR) is 128 cm³/mol. The second-order valence-electron chi connectivity index (χ2n) is 7.59. The maximum Gasteiger partial charge on any atom is 0.165 e. The number of halogens is 1. The average molecular weight is 433 g/mol. The maximum absolute atomic E-state index is 6.49. The molecule has 7 heteroatoms. The molecule has 0 unspecified atom stereocenters. The molecule has 0 radical (unpaired) electrons. The van der Waals surface area contributed by atoms with Gasteiger partial charge in [-0.05, 0) is 46.0 Å². The number of rotatable bonds is 9. The standard InChI is InChI=1S/C23H37ClN6/c1-6-9-15-29-17-22(18(4)27-29)25-19(5)26-23(21(24)8-3)28-30-16-12-10-11-14-20(30)13-7-2/h8,13,17,25H,5-7,9-12,14-16H2,1-4H3,(H,26,28)/b20-13+,21-8+. The summed E-state index contributed by atoms with van der Waals surface area (Å²) < 4.78 is 1.97. The Bertz CT molecular complexity index is 790. The van der Waals surface area contributed by atoms with Gasteiger partial charge in [0.15, 0.2) is 5.84 Å². The summed E-state index contributed by atoms with van der Waals surface area (Å²) in [4.78, 5) is 4.67. The Morgan fingerprint density at radius 2 is 2.13 bits per heavy atom. The molecule has 1 aliphatic heterocycles. The van der Waals surface area contributed by atoms with Gasteiger partial charge in [0.05, 0.1) is 16.4 Å². The molecule has 2 heterocycles. The Labute approximate surface area is 186 Å². The van der Waals surface area contributed by atoms with Crippen molar-refractivity contribution in [1.82, 2.24) is 20.2 Å². The number of aryl methyl sites for hydroxylation is 2. The zero-order valence-electron chi connectivity index (χ0n) is 19.0. The molecule has 0 aliphatic carbocycles. The van der Waals surface area contributed by atoms with Gasteiger partial charge in [0.1, 0.15) is 5.82 Å². The van der Waals surface area contributed by atoms with Crippen LogP contribution in [0.25, 0.3) is 0 Å². The molecule has 30 heavy (non-hydrogen) atoms. The van der Waals surface area contributed by atoms with Crippen LogP contribution in [0.15, 0.2) is 46.5 Å². The van der Waals surface area contributed by atoms with Gasteiger partial charge in [-0.1, -0.05) is 57.0 Å². The molecule has 6 nitrogen and oxygen atoms in total. The summed E-state index contributed by atoms with van der Waals surface area (Å²) in [6.07, 6.45) is 14.0. The van der Waals surface area contributed by atoms with Gasteiger partial charge < -0.3 is 5.32 Å². The molecule has 1 aromatic rings. The molecule has 166 valence electrons. The molecule has 0 atom stereocenters. The fraction of sp³-hybridized carbons (Fsp3) is 0.565. The Hall–Kier alpha value is -2.21. The van der Waals surface area contributed by atoms with Gasteiger partial charge in [-0.25, -0.2) is 4.99 Å². The first kappa shape index (κ1) is 24.1. The predicted octanol–water partition coefficient (Wildman–Crippen LogP) is 6.09. The quantitative estimate of drug-likeness (QED) is 0.366. The Morgan fingerprint density at radius 3 is 2.83 bits per heavy atom. The van der Waals surface area contributed by atoms with Crippen LogP contribution in [0.3, 0.4) is 0 Å². The van der Waals surface area contributed by atoms with Crippen LogP contribution in [0, 0.1) is 6.92 Å². The van der Waals surface area contributed by atoms with Crippen LogP contribution in [0.4, 0.5) is 5.69 Å². The van der Waals surface area contributed by atoms with Crippen LogP contribution < -0.4 is 10.7 Å². The molecule has 0 bridgehead atoms. The minimum atomic E-state index is 0.520. The zero-order chi connectivity index (χ0) is 21.9. The maximum atomic E-state index is 6.49.